The summed E-state index contributed by atoms with van der Waals surface area (Å²) < 4.78 is 16.6. The van der Waals surface area contributed by atoms with Crippen molar-refractivity contribution in [2.75, 3.05) is 45.3 Å². The predicted molar refractivity (Wildman–Crippen MR) is 72.6 cm³/mol. The molecule has 0 unspecified atom stereocenters. The number of hydrogen-bond acceptors (Lipinski definition) is 5. The molecular weight excluding hydrogens is 244 g/mol. The first-order valence-electron chi connectivity index (χ1n) is 6.81. The first-order chi connectivity index (χ1) is 9.33. The Labute approximate surface area is 113 Å². The van der Waals surface area contributed by atoms with Crippen LogP contribution in [0.25, 0.3) is 0 Å². The highest BCUT2D eigenvalue weighted by molar-refractivity contribution is 5.58. The van der Waals surface area contributed by atoms with E-state index in [0.717, 1.165) is 62.0 Å². The lowest BCUT2D eigenvalue weighted by molar-refractivity contribution is 0.140. The van der Waals surface area contributed by atoms with Crippen LogP contribution in [0.2, 0.25) is 0 Å². The average molecular weight is 264 g/mol. The molecule has 5 nitrogen and oxygen atoms in total. The van der Waals surface area contributed by atoms with Gasteiger partial charge in [0.05, 0.1) is 6.61 Å². The molecule has 3 rings (SSSR count). The number of benzene rings is 1. The van der Waals surface area contributed by atoms with Crippen molar-refractivity contribution in [3.05, 3.63) is 17.7 Å². The lowest BCUT2D eigenvalue weighted by Crippen LogP contribution is -2.26. The number of ether oxygens (including phenoxy) is 3. The molecule has 0 atom stereocenters. The molecule has 0 aliphatic carbocycles. The molecule has 2 N–H and O–H groups in total. The Balaban J connectivity index is 1.76. The van der Waals surface area contributed by atoms with Crippen LogP contribution in [0.1, 0.15) is 12.0 Å². The molecule has 1 saturated heterocycles. The van der Waals surface area contributed by atoms with Crippen LogP contribution < -0.4 is 15.2 Å². The summed E-state index contributed by atoms with van der Waals surface area (Å²) >= 11 is 0. The number of rotatable bonds is 2. The van der Waals surface area contributed by atoms with Gasteiger partial charge in [-0.05, 0) is 18.1 Å². The smallest absolute Gasteiger partial charge is 0.163 e. The largest absolute Gasteiger partial charge is 0.486 e. The maximum atomic E-state index is 6.11. The summed E-state index contributed by atoms with van der Waals surface area (Å²) in [5, 5.41) is 0. The monoisotopic (exact) mass is 264 g/mol. The van der Waals surface area contributed by atoms with Crippen molar-refractivity contribution in [3.8, 4) is 11.5 Å². The lowest BCUT2D eigenvalue weighted by Gasteiger charge is -2.23. The van der Waals surface area contributed by atoms with E-state index in [1.165, 1.54) is 0 Å². The molecule has 1 fully saturated rings. The fraction of sp³-hybridized carbons (Fsp3) is 0.571. The molecule has 19 heavy (non-hydrogen) atoms. The van der Waals surface area contributed by atoms with Gasteiger partial charge in [0.25, 0.3) is 0 Å². The number of fused-ring (bicyclic) bond motifs is 1. The second-order valence-electron chi connectivity index (χ2n) is 4.94. The molecule has 2 aliphatic rings. The van der Waals surface area contributed by atoms with E-state index in [-0.39, 0.29) is 0 Å². The van der Waals surface area contributed by atoms with Crippen molar-refractivity contribution >= 4 is 5.69 Å². The van der Waals surface area contributed by atoms with Gasteiger partial charge in [-0.3, -0.25) is 4.90 Å². The Morgan fingerprint density at radius 1 is 1.00 bits per heavy atom. The third-order valence-corrected chi connectivity index (χ3v) is 3.51. The minimum absolute atomic E-state index is 0.593. The van der Waals surface area contributed by atoms with Gasteiger partial charge in [0.2, 0.25) is 0 Å². The predicted octanol–water partition coefficient (Wildman–Crippen LogP) is 1.26. The highest BCUT2D eigenvalue weighted by Gasteiger charge is 2.17. The van der Waals surface area contributed by atoms with E-state index in [1.807, 2.05) is 12.1 Å². The topological polar surface area (TPSA) is 57.0 Å². The summed E-state index contributed by atoms with van der Waals surface area (Å²) in [6.07, 6.45) is 1.07. The summed E-state index contributed by atoms with van der Waals surface area (Å²) in [4.78, 5) is 2.37. The third kappa shape index (κ3) is 2.93. The molecule has 5 heteroatoms. The van der Waals surface area contributed by atoms with Gasteiger partial charge in [0, 0.05) is 38.0 Å². The van der Waals surface area contributed by atoms with Crippen LogP contribution in [0.5, 0.6) is 11.5 Å². The van der Waals surface area contributed by atoms with Gasteiger partial charge >= 0.3 is 0 Å². The Morgan fingerprint density at radius 3 is 2.63 bits per heavy atom. The van der Waals surface area contributed by atoms with Crippen LogP contribution in [0, 0.1) is 0 Å². The quantitative estimate of drug-likeness (QED) is 0.815. The molecule has 104 valence electrons. The Kier molecular flexibility index (Phi) is 3.75. The summed E-state index contributed by atoms with van der Waals surface area (Å²) in [6.45, 7) is 5.69. The van der Waals surface area contributed by atoms with Crippen LogP contribution in [-0.4, -0.2) is 44.4 Å². The second kappa shape index (κ2) is 5.67. The molecule has 0 saturated carbocycles. The van der Waals surface area contributed by atoms with Crippen LogP contribution in [-0.2, 0) is 11.3 Å². The molecule has 1 aromatic rings. The lowest BCUT2D eigenvalue weighted by atomic mass is 10.1. The van der Waals surface area contributed by atoms with Gasteiger partial charge in [0.15, 0.2) is 11.5 Å². The molecule has 0 amide bonds. The van der Waals surface area contributed by atoms with Crippen molar-refractivity contribution in [1.82, 2.24) is 4.90 Å². The molecule has 0 bridgehead atoms. The van der Waals surface area contributed by atoms with E-state index in [1.54, 1.807) is 0 Å². The average Bonchev–Trinajstić information content (AvgIpc) is 2.68. The fourth-order valence-electron chi connectivity index (χ4n) is 2.48. The first kappa shape index (κ1) is 12.6. The van der Waals surface area contributed by atoms with Crippen molar-refractivity contribution in [2.45, 2.75) is 13.0 Å². The molecular formula is C14H20N2O3. The maximum Gasteiger partial charge on any atom is 0.163 e. The van der Waals surface area contributed by atoms with Crippen molar-refractivity contribution < 1.29 is 14.2 Å². The molecule has 0 aromatic heterocycles. The van der Waals surface area contributed by atoms with E-state index in [4.69, 9.17) is 19.9 Å². The van der Waals surface area contributed by atoms with E-state index in [0.29, 0.717) is 13.2 Å². The van der Waals surface area contributed by atoms with Gasteiger partial charge in [-0.15, -0.1) is 0 Å². The third-order valence-electron chi connectivity index (χ3n) is 3.51. The van der Waals surface area contributed by atoms with E-state index in [2.05, 4.69) is 4.90 Å². The number of nitrogens with two attached hydrogens (primary N) is 1. The molecule has 2 aliphatic heterocycles. The van der Waals surface area contributed by atoms with Crippen LogP contribution in [0.3, 0.4) is 0 Å². The molecule has 1 aromatic carbocycles. The van der Waals surface area contributed by atoms with Gasteiger partial charge in [0.1, 0.15) is 13.2 Å². The highest BCUT2D eigenvalue weighted by Crippen LogP contribution is 2.34. The van der Waals surface area contributed by atoms with Gasteiger partial charge < -0.3 is 19.9 Å². The van der Waals surface area contributed by atoms with E-state index < -0.39 is 0 Å². The van der Waals surface area contributed by atoms with Gasteiger partial charge in [-0.25, -0.2) is 0 Å². The number of nitrogens with zero attached hydrogens (tertiary/aromatic N) is 1. The zero-order chi connectivity index (χ0) is 13.1. The number of hydrogen-bond donors (Lipinski definition) is 1. The maximum absolute atomic E-state index is 6.11. The normalized spacial score (nSPS) is 20.0. The number of anilines is 1. The standard InChI is InChI=1S/C14H20N2O3/c15-12-9-14-13(18-6-7-19-14)8-11(12)10-16-2-1-4-17-5-3-16/h8-9H,1-7,10,15H2. The fourth-order valence-corrected chi connectivity index (χ4v) is 2.48. The Hall–Kier alpha value is -1.46. The van der Waals surface area contributed by atoms with Gasteiger partial charge in [-0.2, -0.15) is 0 Å². The van der Waals surface area contributed by atoms with Crippen molar-refractivity contribution in [2.24, 2.45) is 0 Å². The minimum Gasteiger partial charge on any atom is -0.486 e. The van der Waals surface area contributed by atoms with E-state index >= 15 is 0 Å². The first-order valence-corrected chi connectivity index (χ1v) is 6.81. The van der Waals surface area contributed by atoms with Crippen molar-refractivity contribution in [3.63, 3.8) is 0 Å². The SMILES string of the molecule is Nc1cc2c(cc1CN1CCCOCC1)OCCO2. The summed E-state index contributed by atoms with van der Waals surface area (Å²) in [5.41, 5.74) is 7.98. The van der Waals surface area contributed by atoms with Crippen LogP contribution in [0.15, 0.2) is 12.1 Å². The van der Waals surface area contributed by atoms with Gasteiger partial charge in [-0.1, -0.05) is 0 Å². The summed E-state index contributed by atoms with van der Waals surface area (Å²) in [7, 11) is 0. The molecule has 2 heterocycles. The zero-order valence-electron chi connectivity index (χ0n) is 11.1. The summed E-state index contributed by atoms with van der Waals surface area (Å²) in [6, 6.07) is 3.88. The Bertz CT molecular complexity index is 443. The second-order valence-corrected chi connectivity index (χ2v) is 4.94. The zero-order valence-corrected chi connectivity index (χ0v) is 11.1. The summed E-state index contributed by atoms with van der Waals surface area (Å²) in [5.74, 6) is 1.56. The van der Waals surface area contributed by atoms with Crippen LogP contribution in [0.4, 0.5) is 5.69 Å². The van der Waals surface area contributed by atoms with E-state index in [9.17, 15) is 0 Å². The minimum atomic E-state index is 0.593. The Morgan fingerprint density at radius 2 is 1.79 bits per heavy atom. The highest BCUT2D eigenvalue weighted by atomic mass is 16.6. The van der Waals surface area contributed by atoms with Crippen LogP contribution >= 0.6 is 0 Å². The molecule has 0 radical (unpaired) electrons. The number of nitrogen functional groups attached to an aromatic ring is 1. The van der Waals surface area contributed by atoms with Crippen molar-refractivity contribution in [1.29, 1.82) is 0 Å². The molecule has 0 spiro atoms.